The zero-order chi connectivity index (χ0) is 14.6. The van der Waals surface area contributed by atoms with E-state index in [1.807, 2.05) is 52.8 Å². The first-order valence-electron chi connectivity index (χ1n) is 6.69. The fourth-order valence-electron chi connectivity index (χ4n) is 1.73. The molecule has 1 aromatic rings. The highest BCUT2D eigenvalue weighted by molar-refractivity contribution is 5.82. The number of hydrogen-bond donors (Lipinski definition) is 1. The lowest BCUT2D eigenvalue weighted by Gasteiger charge is -2.34. The second kappa shape index (κ2) is 6.15. The molecule has 0 saturated carbocycles. The highest BCUT2D eigenvalue weighted by Crippen LogP contribution is 2.20. The molecule has 0 aromatic carbocycles. The quantitative estimate of drug-likeness (QED) is 0.906. The number of pyridine rings is 1. The van der Waals surface area contributed by atoms with E-state index < -0.39 is 6.04 Å². The highest BCUT2D eigenvalue weighted by atomic mass is 16.2. The largest absolute Gasteiger partial charge is 0.333 e. The highest BCUT2D eigenvalue weighted by Gasteiger charge is 2.32. The molecule has 0 fully saturated rings. The summed E-state index contributed by atoms with van der Waals surface area (Å²) in [5, 5.41) is 0. The van der Waals surface area contributed by atoms with Gasteiger partial charge in [0, 0.05) is 12.2 Å². The zero-order valence-electron chi connectivity index (χ0n) is 12.6. The minimum absolute atomic E-state index is 0.0202. The molecule has 4 heteroatoms. The van der Waals surface area contributed by atoms with Crippen LogP contribution in [0.15, 0.2) is 24.4 Å². The number of nitrogens with zero attached hydrogens (tertiary/aromatic N) is 2. The van der Waals surface area contributed by atoms with Gasteiger partial charge in [-0.3, -0.25) is 9.78 Å². The summed E-state index contributed by atoms with van der Waals surface area (Å²) in [5.74, 6) is -0.0202. The summed E-state index contributed by atoms with van der Waals surface area (Å²) in [7, 11) is 0. The van der Waals surface area contributed by atoms with E-state index in [1.54, 1.807) is 11.1 Å². The Labute approximate surface area is 116 Å². The van der Waals surface area contributed by atoms with Crippen LogP contribution in [0.4, 0.5) is 0 Å². The Morgan fingerprint density at radius 2 is 2.00 bits per heavy atom. The van der Waals surface area contributed by atoms with Gasteiger partial charge in [0.05, 0.1) is 18.3 Å². The topological polar surface area (TPSA) is 59.2 Å². The molecule has 0 saturated heterocycles. The Balaban J connectivity index is 2.87. The number of carbonyl (C=O) groups is 1. The Morgan fingerprint density at radius 3 is 2.42 bits per heavy atom. The molecule has 4 nitrogen and oxygen atoms in total. The van der Waals surface area contributed by atoms with Gasteiger partial charge in [-0.15, -0.1) is 0 Å². The maximum Gasteiger partial charge on any atom is 0.240 e. The van der Waals surface area contributed by atoms with Gasteiger partial charge in [0.1, 0.15) is 0 Å². The van der Waals surface area contributed by atoms with E-state index >= 15 is 0 Å². The molecule has 0 aliphatic heterocycles. The molecule has 1 amide bonds. The van der Waals surface area contributed by atoms with Crippen LogP contribution < -0.4 is 5.73 Å². The molecule has 1 heterocycles. The first kappa shape index (κ1) is 15.6. The van der Waals surface area contributed by atoms with E-state index in [4.69, 9.17) is 5.73 Å². The summed E-state index contributed by atoms with van der Waals surface area (Å²) >= 11 is 0. The fraction of sp³-hybridized carbons (Fsp3) is 0.600. The lowest BCUT2D eigenvalue weighted by Crippen LogP contribution is -2.52. The summed E-state index contributed by atoms with van der Waals surface area (Å²) < 4.78 is 0. The van der Waals surface area contributed by atoms with E-state index in [-0.39, 0.29) is 17.4 Å². The molecule has 0 aliphatic carbocycles. The van der Waals surface area contributed by atoms with Crippen LogP contribution in [0.5, 0.6) is 0 Å². The van der Waals surface area contributed by atoms with Crippen LogP contribution in [0.2, 0.25) is 0 Å². The molecule has 0 bridgehead atoms. The van der Waals surface area contributed by atoms with Crippen molar-refractivity contribution in [3.05, 3.63) is 30.1 Å². The summed E-state index contributed by atoms with van der Waals surface area (Å²) in [4.78, 5) is 18.6. The first-order valence-corrected chi connectivity index (χ1v) is 6.69. The predicted molar refractivity (Wildman–Crippen MR) is 77.4 cm³/mol. The lowest BCUT2D eigenvalue weighted by atomic mass is 9.86. The van der Waals surface area contributed by atoms with Crippen LogP contribution in [0.25, 0.3) is 0 Å². The third-order valence-corrected chi connectivity index (χ3v) is 3.16. The fourth-order valence-corrected chi connectivity index (χ4v) is 1.73. The van der Waals surface area contributed by atoms with Gasteiger partial charge in [0.2, 0.25) is 5.91 Å². The molecule has 1 unspecified atom stereocenters. The van der Waals surface area contributed by atoms with Crippen molar-refractivity contribution >= 4 is 5.91 Å². The van der Waals surface area contributed by atoms with E-state index in [9.17, 15) is 4.79 Å². The van der Waals surface area contributed by atoms with Crippen molar-refractivity contribution < 1.29 is 4.79 Å². The number of aromatic nitrogens is 1. The SMILES string of the molecule is CC(C)N(Cc1ccccn1)C(=O)C(N)C(C)(C)C. The average Bonchev–Trinajstić information content (AvgIpc) is 2.34. The van der Waals surface area contributed by atoms with E-state index in [0.29, 0.717) is 6.54 Å². The third-order valence-electron chi connectivity index (χ3n) is 3.16. The molecule has 1 atom stereocenters. The van der Waals surface area contributed by atoms with Crippen molar-refractivity contribution in [2.75, 3.05) is 0 Å². The van der Waals surface area contributed by atoms with E-state index in [0.717, 1.165) is 5.69 Å². The zero-order valence-corrected chi connectivity index (χ0v) is 12.6. The van der Waals surface area contributed by atoms with Gasteiger partial charge in [0.25, 0.3) is 0 Å². The molecule has 1 rings (SSSR count). The van der Waals surface area contributed by atoms with Crippen LogP contribution in [0, 0.1) is 5.41 Å². The maximum atomic E-state index is 12.5. The van der Waals surface area contributed by atoms with Crippen LogP contribution in [0.3, 0.4) is 0 Å². The molecular formula is C15H25N3O. The van der Waals surface area contributed by atoms with Gasteiger partial charge < -0.3 is 10.6 Å². The molecule has 2 N–H and O–H groups in total. The minimum atomic E-state index is -0.501. The Kier molecular flexibility index (Phi) is 5.06. The summed E-state index contributed by atoms with van der Waals surface area (Å²) in [6.45, 7) is 10.4. The van der Waals surface area contributed by atoms with Crippen LogP contribution >= 0.6 is 0 Å². The second-order valence-corrected chi connectivity index (χ2v) is 6.22. The van der Waals surface area contributed by atoms with Gasteiger partial charge in [-0.05, 0) is 31.4 Å². The third kappa shape index (κ3) is 4.31. The van der Waals surface area contributed by atoms with Crippen LogP contribution in [-0.2, 0) is 11.3 Å². The maximum absolute atomic E-state index is 12.5. The first-order chi connectivity index (χ1) is 8.73. The summed E-state index contributed by atoms with van der Waals surface area (Å²) in [5.41, 5.74) is 6.71. The number of hydrogen-bond acceptors (Lipinski definition) is 3. The Bertz CT molecular complexity index is 409. The predicted octanol–water partition coefficient (Wildman–Crippen LogP) is 2.19. The average molecular weight is 263 g/mol. The molecule has 19 heavy (non-hydrogen) atoms. The van der Waals surface area contributed by atoms with Crippen molar-refractivity contribution in [3.63, 3.8) is 0 Å². The normalized spacial score (nSPS) is 13.4. The van der Waals surface area contributed by atoms with Gasteiger partial charge in [-0.2, -0.15) is 0 Å². The smallest absolute Gasteiger partial charge is 0.240 e. The van der Waals surface area contributed by atoms with Gasteiger partial charge >= 0.3 is 0 Å². The summed E-state index contributed by atoms with van der Waals surface area (Å²) in [6.07, 6.45) is 1.74. The minimum Gasteiger partial charge on any atom is -0.333 e. The van der Waals surface area contributed by atoms with Crippen LogP contribution in [0.1, 0.15) is 40.3 Å². The van der Waals surface area contributed by atoms with E-state index in [2.05, 4.69) is 4.98 Å². The van der Waals surface area contributed by atoms with Gasteiger partial charge in [-0.1, -0.05) is 26.8 Å². The number of carbonyl (C=O) groups excluding carboxylic acids is 1. The van der Waals surface area contributed by atoms with Crippen molar-refractivity contribution in [2.45, 2.75) is 53.2 Å². The molecule has 0 aliphatic rings. The number of rotatable bonds is 4. The lowest BCUT2D eigenvalue weighted by molar-refractivity contribution is -0.137. The second-order valence-electron chi connectivity index (χ2n) is 6.22. The standard InChI is InChI=1S/C15H25N3O/c1-11(2)18(10-12-8-6-7-9-17-12)14(19)13(16)15(3,4)5/h6-9,11,13H,10,16H2,1-5H3. The monoisotopic (exact) mass is 263 g/mol. The number of nitrogens with two attached hydrogens (primary N) is 1. The molecule has 0 spiro atoms. The van der Waals surface area contributed by atoms with Crippen molar-refractivity contribution in [2.24, 2.45) is 11.1 Å². The van der Waals surface area contributed by atoms with Crippen molar-refractivity contribution in [1.29, 1.82) is 0 Å². The molecule has 106 valence electrons. The summed E-state index contributed by atoms with van der Waals surface area (Å²) in [6, 6.07) is 5.31. The van der Waals surface area contributed by atoms with Crippen LogP contribution in [-0.4, -0.2) is 27.9 Å². The Hall–Kier alpha value is -1.42. The van der Waals surface area contributed by atoms with Crippen molar-refractivity contribution in [3.8, 4) is 0 Å². The van der Waals surface area contributed by atoms with Crippen molar-refractivity contribution in [1.82, 2.24) is 9.88 Å². The van der Waals surface area contributed by atoms with E-state index in [1.165, 1.54) is 0 Å². The molecular weight excluding hydrogens is 238 g/mol. The van der Waals surface area contributed by atoms with Gasteiger partial charge in [-0.25, -0.2) is 0 Å². The molecule has 1 aromatic heterocycles. The molecule has 0 radical (unpaired) electrons. The van der Waals surface area contributed by atoms with Gasteiger partial charge in [0.15, 0.2) is 0 Å². The number of amides is 1. The Morgan fingerprint density at radius 1 is 1.37 bits per heavy atom.